The molecule has 234 valence electrons. The molecule has 0 amide bonds. The van der Waals surface area contributed by atoms with Crippen LogP contribution in [-0.2, 0) is 12.4 Å². The number of hydrogen-bond donors (Lipinski definition) is 2. The summed E-state index contributed by atoms with van der Waals surface area (Å²) in [5.41, 5.74) is 2.71. The number of anilines is 4. The highest BCUT2D eigenvalue weighted by atomic mass is 79.9. The van der Waals surface area contributed by atoms with Gasteiger partial charge in [-0.1, -0.05) is 24.3 Å². The fourth-order valence-corrected chi connectivity index (χ4v) is 6.82. The van der Waals surface area contributed by atoms with Gasteiger partial charge in [0.15, 0.2) is 11.6 Å². The predicted molar refractivity (Wildman–Crippen MR) is 166 cm³/mol. The Morgan fingerprint density at radius 3 is 1.84 bits per heavy atom. The number of benzene rings is 2. The monoisotopic (exact) mass is 688 g/mol. The number of alkyl halides is 6. The molecule has 45 heavy (non-hydrogen) atoms. The van der Waals surface area contributed by atoms with Gasteiger partial charge >= 0.3 is 12.4 Å². The van der Waals surface area contributed by atoms with Crippen LogP contribution >= 0.6 is 15.9 Å². The number of aromatic nitrogens is 2. The normalized spacial score (nSPS) is 19.6. The van der Waals surface area contributed by atoms with Gasteiger partial charge in [-0.05, 0) is 71.2 Å². The number of rotatable bonds is 2. The largest absolute Gasteiger partial charge is 0.416 e. The van der Waals surface area contributed by atoms with Crippen LogP contribution in [0.15, 0.2) is 71.2 Å². The minimum Gasteiger partial charge on any atom is -0.366 e. The molecule has 0 spiro atoms. The maximum atomic E-state index is 12.9. The van der Waals surface area contributed by atoms with E-state index in [0.29, 0.717) is 39.1 Å². The summed E-state index contributed by atoms with van der Waals surface area (Å²) in [6, 6.07) is 17.0. The Balaban J connectivity index is 0.000000145. The predicted octanol–water partition coefficient (Wildman–Crippen LogP) is 8.31. The van der Waals surface area contributed by atoms with Crippen LogP contribution in [-0.4, -0.2) is 48.2 Å². The fraction of sp³-hybridized carbons (Fsp3) is 0.312. The fourth-order valence-electron chi connectivity index (χ4n) is 6.28. The van der Waals surface area contributed by atoms with E-state index in [1.54, 1.807) is 18.2 Å². The molecule has 2 aromatic heterocycles. The molecule has 8 rings (SSSR count). The van der Waals surface area contributed by atoms with E-state index in [1.165, 1.54) is 12.1 Å². The summed E-state index contributed by atoms with van der Waals surface area (Å²) < 4.78 is 77.9. The molecule has 0 saturated carbocycles. The Kier molecular flexibility index (Phi) is 7.33. The summed E-state index contributed by atoms with van der Waals surface area (Å²) in [5.74, 6) is 1.51. The topological polar surface area (TPSA) is 56.3 Å². The van der Waals surface area contributed by atoms with Crippen LogP contribution in [0.3, 0.4) is 0 Å². The number of nitrogens with one attached hydrogen (secondary N) is 2. The van der Waals surface area contributed by atoms with Crippen molar-refractivity contribution < 1.29 is 26.3 Å². The Morgan fingerprint density at radius 1 is 0.667 bits per heavy atom. The highest BCUT2D eigenvalue weighted by Crippen LogP contribution is 2.41. The van der Waals surface area contributed by atoms with Crippen LogP contribution in [0.4, 0.5) is 49.4 Å². The van der Waals surface area contributed by atoms with Crippen LogP contribution in [0.2, 0.25) is 0 Å². The Bertz CT molecular complexity index is 1760. The first-order valence-electron chi connectivity index (χ1n) is 14.5. The highest BCUT2D eigenvalue weighted by molar-refractivity contribution is 9.10. The lowest BCUT2D eigenvalue weighted by Gasteiger charge is -2.28. The number of fused-ring (bicyclic) bond motifs is 8. The van der Waals surface area contributed by atoms with Crippen LogP contribution in [0, 0.1) is 0 Å². The lowest BCUT2D eigenvalue weighted by Crippen LogP contribution is -2.32. The average molecular weight is 690 g/mol. The molecule has 4 aromatic rings. The quantitative estimate of drug-likeness (QED) is 0.207. The summed E-state index contributed by atoms with van der Waals surface area (Å²) in [6.07, 6.45) is -6.59. The summed E-state index contributed by atoms with van der Waals surface area (Å²) >= 11 is 3.46. The lowest BCUT2D eigenvalue weighted by molar-refractivity contribution is -0.138. The molecule has 13 heteroatoms. The van der Waals surface area contributed by atoms with Crippen LogP contribution in [0.25, 0.3) is 22.5 Å². The van der Waals surface area contributed by atoms with Gasteiger partial charge in [0.1, 0.15) is 0 Å². The van der Waals surface area contributed by atoms with Gasteiger partial charge in [-0.2, -0.15) is 26.3 Å². The number of pyridine rings is 2. The van der Waals surface area contributed by atoms with Crippen LogP contribution in [0.1, 0.15) is 24.0 Å². The lowest BCUT2D eigenvalue weighted by atomic mass is 10.1. The molecule has 0 unspecified atom stereocenters. The molecule has 4 bridgehead atoms. The van der Waals surface area contributed by atoms with Crippen molar-refractivity contribution in [1.82, 2.24) is 9.97 Å². The van der Waals surface area contributed by atoms with E-state index in [-0.39, 0.29) is 0 Å². The van der Waals surface area contributed by atoms with E-state index in [1.807, 2.05) is 12.1 Å². The van der Waals surface area contributed by atoms with Crippen LogP contribution < -0.4 is 20.4 Å². The van der Waals surface area contributed by atoms with Crippen molar-refractivity contribution in [2.45, 2.75) is 37.3 Å². The van der Waals surface area contributed by atoms with Crippen molar-refractivity contribution >= 4 is 38.9 Å². The summed E-state index contributed by atoms with van der Waals surface area (Å²) in [6.45, 7) is 3.89. The van der Waals surface area contributed by atoms with E-state index < -0.39 is 23.5 Å². The van der Waals surface area contributed by atoms with Gasteiger partial charge in [0, 0.05) is 53.9 Å². The van der Waals surface area contributed by atoms with Gasteiger partial charge in [0.05, 0.1) is 33.9 Å². The highest BCUT2D eigenvalue weighted by Gasteiger charge is 2.34. The third kappa shape index (κ3) is 5.89. The van der Waals surface area contributed by atoms with E-state index >= 15 is 0 Å². The van der Waals surface area contributed by atoms with E-state index in [4.69, 9.17) is 0 Å². The minimum absolute atomic E-state index is 0.366. The Labute approximate surface area is 263 Å². The standard InChI is InChI=1S/C16H13BrF3N3.C16H14F3N3/c17-12-7-13-15(21-11-4-5-23(13)8-11)22-14(12)9-2-1-3-10(6-9)16(18,19)20;17-16(18,19)11-3-1-2-10(8-11)13-4-5-14-15(21-13)20-12-6-7-22(14)9-12/h1-3,6-7,11H,4-5,8H2,(H,21,22);1-5,8,12H,6-7,9H2,(H,20,21)/t11-;12-/m00/s1. The third-order valence-corrected chi connectivity index (χ3v) is 9.12. The van der Waals surface area contributed by atoms with Crippen molar-refractivity contribution in [2.24, 2.45) is 0 Å². The van der Waals surface area contributed by atoms with Gasteiger partial charge in [0.25, 0.3) is 0 Å². The first-order valence-corrected chi connectivity index (χ1v) is 15.3. The smallest absolute Gasteiger partial charge is 0.366 e. The van der Waals surface area contributed by atoms with Gasteiger partial charge < -0.3 is 20.4 Å². The molecule has 6 heterocycles. The molecule has 2 fully saturated rings. The number of halogens is 7. The van der Waals surface area contributed by atoms with Gasteiger partial charge in [0.2, 0.25) is 0 Å². The first kappa shape index (κ1) is 29.7. The zero-order chi connectivity index (χ0) is 31.5. The first-order chi connectivity index (χ1) is 21.4. The van der Waals surface area contributed by atoms with E-state index in [2.05, 4.69) is 46.3 Å². The minimum atomic E-state index is -4.36. The molecule has 2 aromatic carbocycles. The molecule has 6 nitrogen and oxygen atoms in total. The Morgan fingerprint density at radius 2 is 1.22 bits per heavy atom. The third-order valence-electron chi connectivity index (χ3n) is 8.52. The van der Waals surface area contributed by atoms with E-state index in [0.717, 1.165) is 86.3 Å². The van der Waals surface area contributed by atoms with Crippen molar-refractivity contribution in [3.63, 3.8) is 0 Å². The number of hydrogen-bond acceptors (Lipinski definition) is 6. The van der Waals surface area contributed by atoms with Gasteiger partial charge in [-0.3, -0.25) is 0 Å². The zero-order valence-corrected chi connectivity index (χ0v) is 25.3. The summed E-state index contributed by atoms with van der Waals surface area (Å²) in [5, 5.41) is 6.74. The summed E-state index contributed by atoms with van der Waals surface area (Å²) in [4.78, 5) is 13.6. The molecule has 4 aliphatic heterocycles. The molecule has 2 atom stereocenters. The maximum Gasteiger partial charge on any atom is 0.416 e. The zero-order valence-electron chi connectivity index (χ0n) is 23.7. The maximum absolute atomic E-state index is 12.9. The molecule has 0 aliphatic carbocycles. The molecular weight excluding hydrogens is 662 g/mol. The van der Waals surface area contributed by atoms with E-state index in [9.17, 15) is 26.3 Å². The molecule has 2 saturated heterocycles. The van der Waals surface area contributed by atoms with Crippen molar-refractivity contribution in [2.75, 3.05) is 46.6 Å². The molecule has 0 radical (unpaired) electrons. The van der Waals surface area contributed by atoms with Crippen LogP contribution in [0.5, 0.6) is 0 Å². The molecule has 2 N–H and O–H groups in total. The average Bonchev–Trinajstić information content (AvgIpc) is 3.60. The SMILES string of the molecule is FC(F)(F)c1cccc(-c2ccc3c(n2)N[C@H]2CCN3C2)c1.FC(F)(F)c1cccc(-c2nc3c(cc2Br)N2CC[C@@H](C2)N3)c1. The summed E-state index contributed by atoms with van der Waals surface area (Å²) in [7, 11) is 0. The van der Waals surface area contributed by atoms with Crippen molar-refractivity contribution in [1.29, 1.82) is 0 Å². The molecule has 4 aliphatic rings. The second-order valence-corrected chi connectivity index (χ2v) is 12.4. The van der Waals surface area contributed by atoms with Crippen molar-refractivity contribution in [3.05, 3.63) is 82.3 Å². The van der Waals surface area contributed by atoms with Gasteiger partial charge in [-0.15, -0.1) is 0 Å². The van der Waals surface area contributed by atoms with Crippen molar-refractivity contribution in [3.8, 4) is 22.5 Å². The molecular formula is C32H27BrF6N6. The second kappa shape index (κ2) is 11.1. The number of nitrogens with zero attached hydrogens (tertiary/aromatic N) is 4. The van der Waals surface area contributed by atoms with Gasteiger partial charge in [-0.25, -0.2) is 9.97 Å². The second-order valence-electron chi connectivity index (χ2n) is 11.6. The Hall–Kier alpha value is -4.00.